The fourth-order valence-electron chi connectivity index (χ4n) is 2.55. The zero-order valence-corrected chi connectivity index (χ0v) is 16.5. The minimum atomic E-state index is -0.245. The largest absolute Gasteiger partial charge is 0.399 e. The van der Waals surface area contributed by atoms with Gasteiger partial charge in [0.05, 0.1) is 6.61 Å². The first-order valence-corrected chi connectivity index (χ1v) is 11.3. The lowest BCUT2D eigenvalue weighted by atomic mass is 10.1. The molecule has 1 aliphatic rings. The molecule has 6 nitrogen and oxygen atoms in total. The predicted octanol–water partition coefficient (Wildman–Crippen LogP) is 3.05. The van der Waals surface area contributed by atoms with Gasteiger partial charge < -0.3 is 21.1 Å². The van der Waals surface area contributed by atoms with Gasteiger partial charge in [0.2, 0.25) is 11.8 Å². The van der Waals surface area contributed by atoms with Crippen molar-refractivity contribution in [1.82, 2.24) is 5.32 Å². The van der Waals surface area contributed by atoms with E-state index in [0.29, 0.717) is 30.9 Å². The van der Waals surface area contributed by atoms with Crippen molar-refractivity contribution in [3.05, 3.63) is 24.3 Å². The number of amides is 2. The lowest BCUT2D eigenvalue weighted by Crippen LogP contribution is -2.28. The average molecular weight is 398 g/mol. The van der Waals surface area contributed by atoms with Gasteiger partial charge in [0, 0.05) is 35.3 Å². The molecule has 26 heavy (non-hydrogen) atoms. The summed E-state index contributed by atoms with van der Waals surface area (Å²) in [7, 11) is 3.94. The molecule has 4 N–H and O–H groups in total. The zero-order chi connectivity index (χ0) is 18.6. The second-order valence-corrected chi connectivity index (χ2v) is 8.94. The number of benzene rings is 1. The van der Waals surface area contributed by atoms with Gasteiger partial charge in [-0.25, -0.2) is 0 Å². The highest BCUT2D eigenvalue weighted by Crippen LogP contribution is 2.39. The van der Waals surface area contributed by atoms with E-state index < -0.39 is 0 Å². The van der Waals surface area contributed by atoms with Gasteiger partial charge in [-0.3, -0.25) is 9.59 Å². The predicted molar refractivity (Wildman–Crippen MR) is 110 cm³/mol. The monoisotopic (exact) mass is 397 g/mol. The number of unbranched alkanes of at least 4 members (excludes halogenated alkanes) is 1. The van der Waals surface area contributed by atoms with E-state index in [-0.39, 0.29) is 18.4 Å². The summed E-state index contributed by atoms with van der Waals surface area (Å²) < 4.78 is 5.28. The van der Waals surface area contributed by atoms with Crippen molar-refractivity contribution >= 4 is 44.8 Å². The Labute approximate surface area is 162 Å². The van der Waals surface area contributed by atoms with Crippen molar-refractivity contribution in [2.45, 2.75) is 37.4 Å². The van der Waals surface area contributed by atoms with Gasteiger partial charge in [0.15, 0.2) is 0 Å². The first-order chi connectivity index (χ1) is 12.6. The van der Waals surface area contributed by atoms with Crippen LogP contribution in [0.3, 0.4) is 0 Å². The third-order valence-electron chi connectivity index (χ3n) is 3.88. The molecule has 1 unspecified atom stereocenters. The molecule has 0 aromatic heterocycles. The first-order valence-electron chi connectivity index (χ1n) is 8.91. The number of anilines is 2. The van der Waals surface area contributed by atoms with E-state index in [1.165, 1.54) is 18.6 Å². The summed E-state index contributed by atoms with van der Waals surface area (Å²) in [6.45, 7) is 0.674. The number of carbonyl (C=O) groups excluding carboxylic acids is 2. The summed E-state index contributed by atoms with van der Waals surface area (Å²) in [5, 5.41) is 6.30. The summed E-state index contributed by atoms with van der Waals surface area (Å²) in [5.41, 5.74) is 6.88. The summed E-state index contributed by atoms with van der Waals surface area (Å²) in [6, 6.07) is 6.97. The molecule has 1 atom stereocenters. The van der Waals surface area contributed by atoms with Crippen LogP contribution in [0.15, 0.2) is 24.3 Å². The van der Waals surface area contributed by atoms with Crippen molar-refractivity contribution in [3.63, 3.8) is 0 Å². The molecule has 8 heteroatoms. The molecule has 0 bridgehead atoms. The van der Waals surface area contributed by atoms with Crippen LogP contribution in [-0.4, -0.2) is 42.6 Å². The SMILES string of the molecule is Nc1cccc(NC(=O)COCCNC(=O)CCCCC2CCSS2)c1. The quantitative estimate of drug-likeness (QED) is 0.302. The van der Waals surface area contributed by atoms with Crippen molar-refractivity contribution in [3.8, 4) is 0 Å². The highest BCUT2D eigenvalue weighted by Gasteiger charge is 2.15. The van der Waals surface area contributed by atoms with Crippen LogP contribution < -0.4 is 16.4 Å². The van der Waals surface area contributed by atoms with Crippen LogP contribution in [0.2, 0.25) is 0 Å². The van der Waals surface area contributed by atoms with E-state index in [4.69, 9.17) is 10.5 Å². The maximum Gasteiger partial charge on any atom is 0.250 e. The van der Waals surface area contributed by atoms with Crippen LogP contribution in [0, 0.1) is 0 Å². The summed E-state index contributed by atoms with van der Waals surface area (Å²) >= 11 is 0. The molecule has 1 aromatic rings. The molecule has 0 saturated carbocycles. The summed E-state index contributed by atoms with van der Waals surface area (Å²) in [4.78, 5) is 23.5. The Morgan fingerprint density at radius 3 is 2.92 bits per heavy atom. The molecule has 1 heterocycles. The van der Waals surface area contributed by atoms with Crippen LogP contribution in [0.1, 0.15) is 32.1 Å². The van der Waals surface area contributed by atoms with Crippen LogP contribution in [0.4, 0.5) is 11.4 Å². The Kier molecular flexibility index (Phi) is 9.73. The highest BCUT2D eigenvalue weighted by molar-refractivity contribution is 8.77. The lowest BCUT2D eigenvalue weighted by Gasteiger charge is -2.09. The highest BCUT2D eigenvalue weighted by atomic mass is 33.1. The molecule has 1 aliphatic heterocycles. The number of nitrogens with two attached hydrogens (primary N) is 1. The Bertz CT molecular complexity index is 581. The van der Waals surface area contributed by atoms with E-state index in [1.807, 2.05) is 21.6 Å². The fraction of sp³-hybridized carbons (Fsp3) is 0.556. The summed E-state index contributed by atoms with van der Waals surface area (Å²) in [6.07, 6.45) is 5.09. The summed E-state index contributed by atoms with van der Waals surface area (Å²) in [5.74, 6) is 1.06. The Balaban J connectivity index is 1.44. The van der Waals surface area contributed by atoms with Gasteiger partial charge in [-0.1, -0.05) is 34.1 Å². The zero-order valence-electron chi connectivity index (χ0n) is 14.9. The molecule has 0 radical (unpaired) electrons. The van der Waals surface area contributed by atoms with Crippen LogP contribution >= 0.6 is 21.6 Å². The van der Waals surface area contributed by atoms with E-state index in [9.17, 15) is 9.59 Å². The number of nitrogens with one attached hydrogen (secondary N) is 2. The molecule has 144 valence electrons. The van der Waals surface area contributed by atoms with Gasteiger partial charge in [0.1, 0.15) is 6.61 Å². The minimum absolute atomic E-state index is 0.0475. The topological polar surface area (TPSA) is 93.4 Å². The molecule has 1 fully saturated rings. The molecule has 2 rings (SSSR count). The Morgan fingerprint density at radius 2 is 2.15 bits per heavy atom. The molecular formula is C18H27N3O3S2. The van der Waals surface area contributed by atoms with Gasteiger partial charge >= 0.3 is 0 Å². The van der Waals surface area contributed by atoms with Gasteiger partial charge in [-0.05, 0) is 37.5 Å². The van der Waals surface area contributed by atoms with Crippen LogP contribution in [0.5, 0.6) is 0 Å². The van der Waals surface area contributed by atoms with E-state index in [1.54, 1.807) is 24.3 Å². The maximum absolute atomic E-state index is 11.7. The number of hydrogen-bond donors (Lipinski definition) is 3. The first kappa shape index (κ1) is 20.9. The van der Waals surface area contributed by atoms with Crippen LogP contribution in [0.25, 0.3) is 0 Å². The fourth-order valence-corrected chi connectivity index (χ4v) is 5.58. The molecule has 2 amide bonds. The van der Waals surface area contributed by atoms with Crippen molar-refractivity contribution in [2.24, 2.45) is 0 Å². The Hall–Kier alpha value is -1.38. The smallest absolute Gasteiger partial charge is 0.250 e. The molecule has 0 spiro atoms. The minimum Gasteiger partial charge on any atom is -0.399 e. The molecule has 1 saturated heterocycles. The third kappa shape index (κ3) is 8.82. The molecular weight excluding hydrogens is 370 g/mol. The van der Waals surface area contributed by atoms with Crippen LogP contribution in [-0.2, 0) is 14.3 Å². The normalized spacial score (nSPS) is 16.4. The van der Waals surface area contributed by atoms with E-state index in [2.05, 4.69) is 10.6 Å². The van der Waals surface area contributed by atoms with Gasteiger partial charge in [-0.15, -0.1) is 0 Å². The second-order valence-electron chi connectivity index (χ2n) is 6.15. The number of carbonyl (C=O) groups is 2. The standard InChI is InChI=1S/C18H27N3O3S2/c19-14-4-3-5-15(12-14)21-18(23)13-24-10-9-20-17(22)7-2-1-6-16-8-11-25-26-16/h3-5,12,16H,1-2,6-11,13,19H2,(H,20,22)(H,21,23). The van der Waals surface area contributed by atoms with Gasteiger partial charge in [0.25, 0.3) is 0 Å². The van der Waals surface area contributed by atoms with Crippen molar-refractivity contribution in [2.75, 3.05) is 36.6 Å². The number of ether oxygens (including phenoxy) is 1. The van der Waals surface area contributed by atoms with E-state index in [0.717, 1.165) is 18.1 Å². The van der Waals surface area contributed by atoms with Crippen molar-refractivity contribution in [1.29, 1.82) is 0 Å². The average Bonchev–Trinajstić information content (AvgIpc) is 3.12. The second kappa shape index (κ2) is 12.1. The number of rotatable bonds is 11. The number of nitrogen functional groups attached to an aromatic ring is 1. The maximum atomic E-state index is 11.7. The van der Waals surface area contributed by atoms with Gasteiger partial charge in [-0.2, -0.15) is 0 Å². The Morgan fingerprint density at radius 1 is 1.27 bits per heavy atom. The lowest BCUT2D eigenvalue weighted by molar-refractivity contribution is -0.121. The molecule has 1 aromatic carbocycles. The number of hydrogen-bond acceptors (Lipinski definition) is 6. The molecule has 0 aliphatic carbocycles. The van der Waals surface area contributed by atoms with E-state index >= 15 is 0 Å². The van der Waals surface area contributed by atoms with Crippen molar-refractivity contribution < 1.29 is 14.3 Å². The third-order valence-corrected chi connectivity index (χ3v) is 6.89.